The number of hydrogen-bond donors (Lipinski definition) is 1. The number of nitrogens with zero attached hydrogens (tertiary/aromatic N) is 3. The van der Waals surface area contributed by atoms with Gasteiger partial charge in [0.15, 0.2) is 0 Å². The normalized spacial score (nSPS) is 16.5. The Labute approximate surface area is 94.1 Å². The van der Waals surface area contributed by atoms with Gasteiger partial charge in [-0.15, -0.1) is 0 Å². The van der Waals surface area contributed by atoms with Crippen molar-refractivity contribution in [3.63, 3.8) is 0 Å². The van der Waals surface area contributed by atoms with E-state index in [9.17, 15) is 4.79 Å². The van der Waals surface area contributed by atoms with Crippen molar-refractivity contribution >= 4 is 5.91 Å². The van der Waals surface area contributed by atoms with Crippen molar-refractivity contribution < 1.29 is 4.79 Å². The van der Waals surface area contributed by atoms with Gasteiger partial charge in [-0.1, -0.05) is 0 Å². The zero-order chi connectivity index (χ0) is 11.6. The number of aryl methyl sites for hydroxylation is 1. The molecule has 0 aromatic carbocycles. The summed E-state index contributed by atoms with van der Waals surface area (Å²) in [5.41, 5.74) is 0.356. The van der Waals surface area contributed by atoms with Crippen molar-refractivity contribution in [2.24, 2.45) is 12.5 Å². The zero-order valence-corrected chi connectivity index (χ0v) is 9.23. The van der Waals surface area contributed by atoms with Crippen LogP contribution < -0.4 is 5.32 Å². The fraction of sp³-hybridized carbons (Fsp3) is 0.545. The second-order valence-electron chi connectivity index (χ2n) is 4.15. The van der Waals surface area contributed by atoms with E-state index >= 15 is 0 Å². The molecule has 1 saturated carbocycles. The van der Waals surface area contributed by atoms with Gasteiger partial charge in [-0.2, -0.15) is 10.4 Å². The summed E-state index contributed by atoms with van der Waals surface area (Å²) in [5.74, 6) is -0.128. The molecule has 0 bridgehead atoms. The van der Waals surface area contributed by atoms with Gasteiger partial charge in [-0.3, -0.25) is 9.48 Å². The summed E-state index contributed by atoms with van der Waals surface area (Å²) in [5, 5.41) is 15.7. The van der Waals surface area contributed by atoms with Crippen molar-refractivity contribution in [2.45, 2.75) is 19.3 Å². The molecule has 1 fully saturated rings. The summed E-state index contributed by atoms with van der Waals surface area (Å²) in [4.78, 5) is 11.6. The molecule has 5 heteroatoms. The molecule has 1 N–H and O–H groups in total. The van der Waals surface area contributed by atoms with Gasteiger partial charge in [0, 0.05) is 31.9 Å². The first kappa shape index (κ1) is 10.7. The van der Waals surface area contributed by atoms with Crippen LogP contribution in [0.25, 0.3) is 0 Å². The van der Waals surface area contributed by atoms with Gasteiger partial charge in [0.25, 0.3) is 0 Å². The van der Waals surface area contributed by atoms with Gasteiger partial charge < -0.3 is 5.32 Å². The molecule has 0 saturated heterocycles. The Balaban J connectivity index is 1.79. The van der Waals surface area contributed by atoms with Crippen molar-refractivity contribution in [3.05, 3.63) is 18.0 Å². The molecular formula is C11H14N4O. The highest BCUT2D eigenvalue weighted by Gasteiger charge is 2.50. The second kappa shape index (κ2) is 3.97. The average molecular weight is 218 g/mol. The minimum absolute atomic E-state index is 0.128. The lowest BCUT2D eigenvalue weighted by molar-refractivity contribution is -0.124. The van der Waals surface area contributed by atoms with E-state index in [2.05, 4.69) is 16.5 Å². The van der Waals surface area contributed by atoms with Crippen LogP contribution in [-0.2, 0) is 18.3 Å². The van der Waals surface area contributed by atoms with Crippen LogP contribution in [0.2, 0.25) is 0 Å². The molecule has 0 aliphatic heterocycles. The van der Waals surface area contributed by atoms with Crippen LogP contribution in [0.15, 0.2) is 12.3 Å². The lowest BCUT2D eigenvalue weighted by Crippen LogP contribution is -2.32. The Bertz CT molecular complexity index is 439. The summed E-state index contributed by atoms with van der Waals surface area (Å²) < 4.78 is 1.78. The number of hydrogen-bond acceptors (Lipinski definition) is 3. The third-order valence-electron chi connectivity index (χ3n) is 2.99. The SMILES string of the molecule is Cn1nccc1CCNC(=O)C1(C#N)CC1. The lowest BCUT2D eigenvalue weighted by Gasteiger charge is -2.07. The highest BCUT2D eigenvalue weighted by Crippen LogP contribution is 2.44. The van der Waals surface area contributed by atoms with E-state index in [4.69, 9.17) is 5.26 Å². The molecule has 1 aliphatic carbocycles. The monoisotopic (exact) mass is 218 g/mol. The minimum atomic E-state index is -0.716. The number of carbonyl (C=O) groups is 1. The number of carbonyl (C=O) groups excluding carboxylic acids is 1. The van der Waals surface area contributed by atoms with E-state index in [-0.39, 0.29) is 5.91 Å². The molecule has 0 atom stereocenters. The second-order valence-corrected chi connectivity index (χ2v) is 4.15. The number of nitrogens with one attached hydrogen (secondary N) is 1. The Morgan fingerprint density at radius 3 is 3.00 bits per heavy atom. The summed E-state index contributed by atoms with van der Waals surface area (Å²) in [6, 6.07) is 4.00. The molecule has 1 aromatic rings. The molecule has 0 radical (unpaired) electrons. The average Bonchev–Trinajstić information content (AvgIpc) is 2.99. The number of nitriles is 1. The Morgan fingerprint density at radius 1 is 1.75 bits per heavy atom. The summed E-state index contributed by atoms with van der Waals surface area (Å²) >= 11 is 0. The zero-order valence-electron chi connectivity index (χ0n) is 9.23. The molecule has 1 amide bonds. The number of rotatable bonds is 4. The molecule has 2 rings (SSSR count). The third kappa shape index (κ3) is 1.91. The molecular weight excluding hydrogens is 204 g/mol. The van der Waals surface area contributed by atoms with E-state index in [1.54, 1.807) is 10.9 Å². The summed E-state index contributed by atoms with van der Waals surface area (Å²) in [6.45, 7) is 0.557. The molecule has 84 valence electrons. The van der Waals surface area contributed by atoms with E-state index in [1.807, 2.05) is 13.1 Å². The largest absolute Gasteiger partial charge is 0.354 e. The molecule has 16 heavy (non-hydrogen) atoms. The first-order valence-electron chi connectivity index (χ1n) is 5.34. The molecule has 1 aliphatic rings. The van der Waals surface area contributed by atoms with Crippen molar-refractivity contribution in [2.75, 3.05) is 6.54 Å². The van der Waals surface area contributed by atoms with Crippen LogP contribution in [0.4, 0.5) is 0 Å². The van der Waals surface area contributed by atoms with E-state index < -0.39 is 5.41 Å². The summed E-state index contributed by atoms with van der Waals surface area (Å²) in [6.07, 6.45) is 3.86. The Kier molecular flexibility index (Phi) is 2.65. The van der Waals surface area contributed by atoms with E-state index in [0.29, 0.717) is 19.4 Å². The van der Waals surface area contributed by atoms with Gasteiger partial charge in [0.2, 0.25) is 5.91 Å². The highest BCUT2D eigenvalue weighted by molar-refractivity contribution is 5.88. The Hall–Kier alpha value is -1.83. The minimum Gasteiger partial charge on any atom is -0.354 e. The first-order valence-corrected chi connectivity index (χ1v) is 5.34. The van der Waals surface area contributed by atoms with Gasteiger partial charge in [-0.25, -0.2) is 0 Å². The van der Waals surface area contributed by atoms with Gasteiger partial charge in [0.05, 0.1) is 6.07 Å². The molecule has 1 aromatic heterocycles. The predicted octanol–water partition coefficient (Wildman–Crippen LogP) is 0.383. The Morgan fingerprint density at radius 2 is 2.50 bits per heavy atom. The fourth-order valence-electron chi connectivity index (χ4n) is 1.63. The first-order chi connectivity index (χ1) is 7.68. The topological polar surface area (TPSA) is 70.7 Å². The maximum Gasteiger partial charge on any atom is 0.240 e. The van der Waals surface area contributed by atoms with Crippen molar-refractivity contribution in [3.8, 4) is 6.07 Å². The quantitative estimate of drug-likeness (QED) is 0.794. The predicted molar refractivity (Wildman–Crippen MR) is 57.2 cm³/mol. The number of aromatic nitrogens is 2. The standard InChI is InChI=1S/C11H14N4O/c1-15-9(3-7-14-15)2-6-13-10(16)11(8-12)4-5-11/h3,7H,2,4-6H2,1H3,(H,13,16). The van der Waals surface area contributed by atoms with Crippen LogP contribution in [0.5, 0.6) is 0 Å². The molecule has 0 spiro atoms. The maximum atomic E-state index is 11.6. The van der Waals surface area contributed by atoms with Gasteiger partial charge in [0.1, 0.15) is 5.41 Å². The van der Waals surface area contributed by atoms with Crippen molar-refractivity contribution in [1.29, 1.82) is 5.26 Å². The summed E-state index contributed by atoms with van der Waals surface area (Å²) in [7, 11) is 1.87. The highest BCUT2D eigenvalue weighted by atomic mass is 16.2. The number of amides is 1. The molecule has 5 nitrogen and oxygen atoms in total. The van der Waals surface area contributed by atoms with Crippen LogP contribution in [0.1, 0.15) is 18.5 Å². The molecule has 1 heterocycles. The van der Waals surface area contributed by atoms with Crippen molar-refractivity contribution in [1.82, 2.24) is 15.1 Å². The van der Waals surface area contributed by atoms with Crippen LogP contribution in [-0.4, -0.2) is 22.2 Å². The fourth-order valence-corrected chi connectivity index (χ4v) is 1.63. The lowest BCUT2D eigenvalue weighted by atomic mass is 10.1. The van der Waals surface area contributed by atoms with Gasteiger partial charge >= 0.3 is 0 Å². The third-order valence-corrected chi connectivity index (χ3v) is 2.99. The smallest absolute Gasteiger partial charge is 0.240 e. The molecule has 0 unspecified atom stereocenters. The van der Waals surface area contributed by atoms with Crippen LogP contribution in [0.3, 0.4) is 0 Å². The van der Waals surface area contributed by atoms with E-state index in [1.165, 1.54) is 0 Å². The maximum absolute atomic E-state index is 11.6. The van der Waals surface area contributed by atoms with Crippen LogP contribution in [0, 0.1) is 16.7 Å². The van der Waals surface area contributed by atoms with E-state index in [0.717, 1.165) is 12.1 Å². The van der Waals surface area contributed by atoms with Crippen LogP contribution >= 0.6 is 0 Å². The van der Waals surface area contributed by atoms with Gasteiger partial charge in [-0.05, 0) is 18.9 Å².